The number of halogens is 4. The number of rotatable bonds is 12. The second-order valence-corrected chi connectivity index (χ2v) is 11.4. The van der Waals surface area contributed by atoms with Crippen molar-refractivity contribution in [3.8, 4) is 0 Å². The Balaban J connectivity index is 0.00000462. The average molecular weight is 607 g/mol. The van der Waals surface area contributed by atoms with Crippen molar-refractivity contribution in [2.45, 2.75) is 42.9 Å². The topological polar surface area (TPSA) is 67.4 Å². The third-order valence-electron chi connectivity index (χ3n) is 6.74. The summed E-state index contributed by atoms with van der Waals surface area (Å²) in [5, 5.41) is 3.39. The molecule has 0 bridgehead atoms. The quantitative estimate of drug-likeness (QED) is 0.170. The summed E-state index contributed by atoms with van der Waals surface area (Å²) in [4.78, 5) is -0.816. The molecule has 0 aromatic heterocycles. The monoisotopic (exact) mass is 606 g/mol. The van der Waals surface area contributed by atoms with Crippen LogP contribution >= 0.6 is 12.4 Å². The molecule has 0 unspecified atom stereocenters. The van der Waals surface area contributed by atoms with E-state index in [1.165, 1.54) is 23.3 Å². The maximum atomic E-state index is 13.7. The lowest BCUT2D eigenvalue weighted by molar-refractivity contribution is -0.139. The molecule has 0 aliphatic heterocycles. The standard InChI is InChI=1S/C31H33F3N2O3S.ClH/c1-23-16-18-24(19-17-23)22-39-21-20-35-29(25-10-4-2-5-11-25)30(26-12-6-3-7-13-26)36-40(37,38)28-15-9-8-14-27(28)31(32,33)34;/h2-16,19,29-30,35-36H,17-18,20-22H2,1H3;1H/t29-,30-;/m1./s1. The Morgan fingerprint density at radius 1 is 0.829 bits per heavy atom. The number of allylic oxidation sites excluding steroid dienone is 3. The highest BCUT2D eigenvalue weighted by molar-refractivity contribution is 7.89. The van der Waals surface area contributed by atoms with Gasteiger partial charge in [0.1, 0.15) is 0 Å². The van der Waals surface area contributed by atoms with Crippen molar-refractivity contribution in [3.63, 3.8) is 0 Å². The first-order valence-electron chi connectivity index (χ1n) is 13.1. The Kier molecular flexibility index (Phi) is 11.7. The molecule has 0 radical (unpaired) electrons. The molecular formula is C31H34ClF3N2O3S. The first-order chi connectivity index (χ1) is 19.1. The van der Waals surface area contributed by atoms with E-state index in [1.54, 1.807) is 30.3 Å². The number of hydrogen-bond donors (Lipinski definition) is 2. The van der Waals surface area contributed by atoms with Gasteiger partial charge in [-0.3, -0.25) is 0 Å². The molecule has 0 heterocycles. The molecular weight excluding hydrogens is 573 g/mol. The minimum absolute atomic E-state index is 0. The van der Waals surface area contributed by atoms with Gasteiger partial charge in [-0.25, -0.2) is 13.1 Å². The van der Waals surface area contributed by atoms with Crippen molar-refractivity contribution >= 4 is 22.4 Å². The van der Waals surface area contributed by atoms with Gasteiger partial charge in [0.05, 0.1) is 35.8 Å². The van der Waals surface area contributed by atoms with Crippen LogP contribution in [0.2, 0.25) is 0 Å². The number of ether oxygens (including phenoxy) is 1. The molecule has 2 atom stereocenters. The van der Waals surface area contributed by atoms with E-state index < -0.39 is 38.7 Å². The molecule has 1 aliphatic carbocycles. The van der Waals surface area contributed by atoms with E-state index in [0.717, 1.165) is 30.5 Å². The molecule has 0 saturated heterocycles. The summed E-state index contributed by atoms with van der Waals surface area (Å²) >= 11 is 0. The highest BCUT2D eigenvalue weighted by Gasteiger charge is 2.38. The van der Waals surface area contributed by atoms with Gasteiger partial charge in [-0.1, -0.05) is 90.5 Å². The summed E-state index contributed by atoms with van der Waals surface area (Å²) in [6, 6.07) is 20.7. The normalized spacial score (nSPS) is 15.3. The summed E-state index contributed by atoms with van der Waals surface area (Å²) in [6.07, 6.45) is 1.32. The van der Waals surface area contributed by atoms with E-state index in [-0.39, 0.29) is 12.4 Å². The van der Waals surface area contributed by atoms with Gasteiger partial charge in [0.25, 0.3) is 0 Å². The number of hydrogen-bond acceptors (Lipinski definition) is 4. The zero-order valence-corrected chi connectivity index (χ0v) is 24.2. The zero-order valence-electron chi connectivity index (χ0n) is 22.6. The molecule has 2 N–H and O–H groups in total. The number of alkyl halides is 3. The third-order valence-corrected chi connectivity index (χ3v) is 8.24. The van der Waals surface area contributed by atoms with Crippen LogP contribution in [0.3, 0.4) is 0 Å². The number of nitrogens with one attached hydrogen (secondary N) is 2. The van der Waals surface area contributed by atoms with Crippen LogP contribution in [0.5, 0.6) is 0 Å². The van der Waals surface area contributed by atoms with Crippen molar-refractivity contribution in [1.82, 2.24) is 10.0 Å². The fourth-order valence-corrected chi connectivity index (χ4v) is 6.09. The third kappa shape index (κ3) is 9.02. The van der Waals surface area contributed by atoms with Crippen molar-refractivity contribution < 1.29 is 26.3 Å². The number of benzene rings is 3. The molecule has 0 spiro atoms. The van der Waals surface area contributed by atoms with Crippen LogP contribution in [-0.4, -0.2) is 28.2 Å². The molecule has 4 rings (SSSR count). The molecule has 5 nitrogen and oxygen atoms in total. The summed E-state index contributed by atoms with van der Waals surface area (Å²) in [7, 11) is -4.58. The van der Waals surface area contributed by atoms with E-state index in [2.05, 4.69) is 29.1 Å². The molecule has 0 fully saturated rings. The van der Waals surface area contributed by atoms with E-state index in [1.807, 2.05) is 30.3 Å². The van der Waals surface area contributed by atoms with E-state index in [9.17, 15) is 21.6 Å². The maximum Gasteiger partial charge on any atom is 0.417 e. The summed E-state index contributed by atoms with van der Waals surface area (Å²) < 4.78 is 76.7. The Hall–Kier alpha value is -2.95. The summed E-state index contributed by atoms with van der Waals surface area (Å²) in [5.74, 6) is 0. The van der Waals surface area contributed by atoms with Crippen molar-refractivity contribution in [2.75, 3.05) is 19.8 Å². The Morgan fingerprint density at radius 2 is 1.41 bits per heavy atom. The zero-order chi connectivity index (χ0) is 28.6. The Morgan fingerprint density at radius 3 is 2.00 bits per heavy atom. The highest BCUT2D eigenvalue weighted by Crippen LogP contribution is 2.36. The summed E-state index contributed by atoms with van der Waals surface area (Å²) in [5.41, 5.74) is 2.71. The molecule has 220 valence electrons. The lowest BCUT2D eigenvalue weighted by Gasteiger charge is -2.30. The molecule has 1 aliphatic rings. The minimum atomic E-state index is -4.83. The van der Waals surface area contributed by atoms with Crippen LogP contribution in [0.4, 0.5) is 13.2 Å². The van der Waals surface area contributed by atoms with Crippen LogP contribution < -0.4 is 10.0 Å². The molecule has 3 aromatic rings. The molecule has 0 amide bonds. The van der Waals surface area contributed by atoms with Crippen molar-refractivity contribution in [1.29, 1.82) is 0 Å². The smallest absolute Gasteiger partial charge is 0.376 e. The van der Waals surface area contributed by atoms with E-state index in [4.69, 9.17) is 4.74 Å². The van der Waals surface area contributed by atoms with E-state index >= 15 is 0 Å². The van der Waals surface area contributed by atoms with Gasteiger partial charge in [0.2, 0.25) is 10.0 Å². The van der Waals surface area contributed by atoms with Gasteiger partial charge in [0.15, 0.2) is 0 Å². The van der Waals surface area contributed by atoms with E-state index in [0.29, 0.717) is 25.3 Å². The van der Waals surface area contributed by atoms with Crippen LogP contribution in [-0.2, 0) is 20.9 Å². The largest absolute Gasteiger partial charge is 0.417 e. The lowest BCUT2D eigenvalue weighted by Crippen LogP contribution is -2.40. The Bertz CT molecular complexity index is 1430. The Labute approximate surface area is 246 Å². The molecule has 3 aromatic carbocycles. The van der Waals surface area contributed by atoms with Gasteiger partial charge in [0, 0.05) is 6.54 Å². The lowest BCUT2D eigenvalue weighted by atomic mass is 9.94. The fraction of sp³-hybridized carbons (Fsp3) is 0.290. The predicted octanol–water partition coefficient (Wildman–Crippen LogP) is 7.16. The first kappa shape index (κ1) is 32.6. The SMILES string of the molecule is CC1=CCC(COCCN[C@H](c2ccccc2)[C@H](NS(=O)(=O)c2ccccc2C(F)(F)F)c2ccccc2)=CC1.Cl. The van der Waals surface area contributed by atoms with Gasteiger partial charge < -0.3 is 10.1 Å². The van der Waals surface area contributed by atoms with Gasteiger partial charge >= 0.3 is 6.18 Å². The van der Waals surface area contributed by atoms with Crippen LogP contribution in [0.1, 0.15) is 48.5 Å². The summed E-state index contributed by atoms with van der Waals surface area (Å²) in [6.45, 7) is 3.37. The minimum Gasteiger partial charge on any atom is -0.376 e. The van der Waals surface area contributed by atoms with Gasteiger partial charge in [-0.05, 0) is 48.6 Å². The molecule has 0 saturated carbocycles. The second-order valence-electron chi connectivity index (χ2n) is 9.72. The van der Waals surface area contributed by atoms with Crippen LogP contribution in [0.15, 0.2) is 113 Å². The van der Waals surface area contributed by atoms with Gasteiger partial charge in [-0.2, -0.15) is 13.2 Å². The fourth-order valence-electron chi connectivity index (χ4n) is 4.63. The maximum absolute atomic E-state index is 13.7. The van der Waals surface area contributed by atoms with Crippen molar-refractivity contribution in [3.05, 3.63) is 125 Å². The molecule has 41 heavy (non-hydrogen) atoms. The first-order valence-corrected chi connectivity index (χ1v) is 14.6. The second kappa shape index (κ2) is 14.8. The predicted molar refractivity (Wildman–Crippen MR) is 157 cm³/mol. The van der Waals surface area contributed by atoms with Crippen LogP contribution in [0, 0.1) is 0 Å². The van der Waals surface area contributed by atoms with Crippen molar-refractivity contribution in [2.24, 2.45) is 0 Å². The van der Waals surface area contributed by atoms with Gasteiger partial charge in [-0.15, -0.1) is 12.4 Å². The molecule has 10 heteroatoms. The highest BCUT2D eigenvalue weighted by atomic mass is 35.5. The number of sulfonamides is 1. The average Bonchev–Trinajstić information content (AvgIpc) is 2.95. The van der Waals surface area contributed by atoms with Crippen LogP contribution in [0.25, 0.3) is 0 Å².